The fraction of sp³-hybridized carbons (Fsp3) is 0.438. The van der Waals surface area contributed by atoms with Crippen molar-refractivity contribution in [2.45, 2.75) is 76.7 Å². The average Bonchev–Trinajstić information content (AvgIpc) is 3.73. The molecule has 3 aromatic rings. The van der Waals surface area contributed by atoms with Gasteiger partial charge in [-0.3, -0.25) is 4.79 Å². The number of ether oxygens (including phenoxy) is 2. The topological polar surface area (TPSA) is 63.7 Å². The zero-order valence-electron chi connectivity index (χ0n) is 23.8. The number of hydrogen-bond donors (Lipinski definition) is 1. The van der Waals surface area contributed by atoms with Gasteiger partial charge in [-0.25, -0.2) is 9.37 Å². The number of rotatable bonds is 11. The van der Waals surface area contributed by atoms with Crippen LogP contribution in [0.25, 0.3) is 5.57 Å². The van der Waals surface area contributed by atoms with Crippen LogP contribution in [-0.2, 0) is 22.7 Å². The van der Waals surface area contributed by atoms with Gasteiger partial charge in [0.25, 0.3) is 5.91 Å². The molecule has 11 heteroatoms. The van der Waals surface area contributed by atoms with Crippen LogP contribution in [0.2, 0.25) is 15.1 Å². The van der Waals surface area contributed by atoms with E-state index in [4.69, 9.17) is 44.3 Å². The lowest BCUT2D eigenvalue weighted by molar-refractivity contribution is -0.128. The van der Waals surface area contributed by atoms with E-state index < -0.39 is 5.82 Å². The van der Waals surface area contributed by atoms with Gasteiger partial charge in [0.1, 0.15) is 11.6 Å². The van der Waals surface area contributed by atoms with Gasteiger partial charge in [0.05, 0.1) is 33.2 Å². The summed E-state index contributed by atoms with van der Waals surface area (Å²) in [7, 11) is 0. The number of hydrogen-bond acceptors (Lipinski definition) is 6. The SMILES string of the molecule is Cc1ccc(F)c(OCCOCc2ncc(C3=C(C(=O)N(Cc4cccc(Cl)c4Cl)C4CC4)[C@H]4CCC[C@@H](C3)N4)s2)c1Cl. The highest BCUT2D eigenvalue weighted by atomic mass is 35.5. The van der Waals surface area contributed by atoms with Gasteiger partial charge in [-0.15, -0.1) is 11.3 Å². The van der Waals surface area contributed by atoms with Crippen LogP contribution >= 0.6 is 46.1 Å². The van der Waals surface area contributed by atoms with E-state index >= 15 is 0 Å². The zero-order valence-corrected chi connectivity index (χ0v) is 26.9. The second-order valence-corrected chi connectivity index (χ2v) is 13.6. The minimum atomic E-state index is -0.499. The third kappa shape index (κ3) is 6.90. The summed E-state index contributed by atoms with van der Waals surface area (Å²) in [6, 6.07) is 9.09. The molecule has 1 saturated carbocycles. The van der Waals surface area contributed by atoms with Gasteiger partial charge in [-0.1, -0.05) is 53.0 Å². The van der Waals surface area contributed by atoms with Crippen molar-refractivity contribution < 1.29 is 18.7 Å². The molecule has 228 valence electrons. The molecular weight excluding hydrogens is 632 g/mol. The van der Waals surface area contributed by atoms with E-state index in [1.165, 1.54) is 6.07 Å². The van der Waals surface area contributed by atoms with E-state index in [9.17, 15) is 9.18 Å². The standard InChI is InChI=1S/C32H33Cl3FN3O3S/c1-18-8-11-24(36)31(29(18)34)42-13-12-41-17-27-37-15-26(43-27)22-14-20-5-3-7-25(38-20)28(22)32(40)39(21-9-10-21)16-19-4-2-6-23(33)30(19)35/h2,4,6,8,11,15,20-21,25,38H,3,5,7,9-10,12-14,16-17H2,1H3/t20-,25+/m0/s1. The minimum absolute atomic E-state index is 0.0128. The lowest BCUT2D eigenvalue weighted by Gasteiger charge is -2.40. The first-order valence-electron chi connectivity index (χ1n) is 14.6. The molecule has 1 N–H and O–H groups in total. The third-order valence-electron chi connectivity index (χ3n) is 8.25. The summed E-state index contributed by atoms with van der Waals surface area (Å²) >= 11 is 20.6. The van der Waals surface area contributed by atoms with Crippen molar-refractivity contribution in [1.29, 1.82) is 0 Å². The molecule has 2 bridgehead atoms. The van der Waals surface area contributed by atoms with Crippen LogP contribution in [0.15, 0.2) is 42.1 Å². The first-order valence-corrected chi connectivity index (χ1v) is 16.6. The molecule has 1 saturated heterocycles. The van der Waals surface area contributed by atoms with E-state index in [1.807, 2.05) is 23.2 Å². The number of nitrogens with zero attached hydrogens (tertiary/aromatic N) is 2. The molecule has 2 aliphatic heterocycles. The predicted octanol–water partition coefficient (Wildman–Crippen LogP) is 8.01. The molecule has 1 aliphatic carbocycles. The zero-order chi connectivity index (χ0) is 30.1. The first-order chi connectivity index (χ1) is 20.8. The van der Waals surface area contributed by atoms with Crippen LogP contribution in [0.5, 0.6) is 5.75 Å². The fourth-order valence-corrected chi connectivity index (χ4v) is 7.40. The average molecular weight is 665 g/mol. The highest BCUT2D eigenvalue weighted by molar-refractivity contribution is 7.12. The van der Waals surface area contributed by atoms with Crippen molar-refractivity contribution in [1.82, 2.24) is 15.2 Å². The molecule has 0 unspecified atom stereocenters. The quantitative estimate of drug-likeness (QED) is 0.211. The summed E-state index contributed by atoms with van der Waals surface area (Å²) in [5.74, 6) is -0.390. The number of carbonyl (C=O) groups is 1. The Morgan fingerprint density at radius 2 is 1.95 bits per heavy atom. The fourth-order valence-electron chi connectivity index (χ4n) is 5.89. The second-order valence-electron chi connectivity index (χ2n) is 11.3. The Kier molecular flexibility index (Phi) is 9.62. The maximum Gasteiger partial charge on any atom is 0.252 e. The van der Waals surface area contributed by atoms with Crippen LogP contribution in [0.4, 0.5) is 4.39 Å². The van der Waals surface area contributed by atoms with Crippen molar-refractivity contribution >= 4 is 57.6 Å². The Balaban J connectivity index is 1.17. The highest BCUT2D eigenvalue weighted by Crippen LogP contribution is 2.41. The second kappa shape index (κ2) is 13.4. The molecule has 1 amide bonds. The number of aromatic nitrogens is 1. The molecule has 1 aromatic heterocycles. The number of piperidine rings is 1. The molecule has 2 fully saturated rings. The summed E-state index contributed by atoms with van der Waals surface area (Å²) in [6.07, 6.45) is 7.74. The van der Waals surface area contributed by atoms with E-state index in [2.05, 4.69) is 10.3 Å². The number of amides is 1. The molecular formula is C32H33Cl3FN3O3S. The summed E-state index contributed by atoms with van der Waals surface area (Å²) in [4.78, 5) is 22.0. The number of aryl methyl sites for hydroxylation is 1. The number of fused-ring (bicyclic) bond motifs is 2. The van der Waals surface area contributed by atoms with E-state index in [-0.39, 0.29) is 42.0 Å². The molecule has 0 radical (unpaired) electrons. The van der Waals surface area contributed by atoms with Crippen LogP contribution in [0.1, 0.15) is 59.5 Å². The lowest BCUT2D eigenvalue weighted by Crippen LogP contribution is -2.51. The van der Waals surface area contributed by atoms with E-state index in [0.717, 1.165) is 70.7 Å². The maximum atomic E-state index is 14.4. The first kappa shape index (κ1) is 30.8. The highest BCUT2D eigenvalue weighted by Gasteiger charge is 2.41. The maximum absolute atomic E-state index is 14.4. The molecule has 0 spiro atoms. The molecule has 3 heterocycles. The molecule has 6 nitrogen and oxygen atoms in total. The number of halogens is 4. The van der Waals surface area contributed by atoms with Crippen LogP contribution < -0.4 is 10.1 Å². The van der Waals surface area contributed by atoms with Crippen molar-refractivity contribution in [3.8, 4) is 5.75 Å². The predicted molar refractivity (Wildman–Crippen MR) is 170 cm³/mol. The summed E-state index contributed by atoms with van der Waals surface area (Å²) in [5, 5.41) is 5.79. The van der Waals surface area contributed by atoms with Gasteiger partial charge < -0.3 is 19.7 Å². The third-order valence-corrected chi connectivity index (χ3v) is 10.6. The number of carbonyl (C=O) groups excluding carboxylic acids is 1. The Hall–Kier alpha value is -2.20. The van der Waals surface area contributed by atoms with Gasteiger partial charge in [-0.05, 0) is 74.3 Å². The minimum Gasteiger partial charge on any atom is -0.487 e. The Morgan fingerprint density at radius 1 is 1.12 bits per heavy atom. The van der Waals surface area contributed by atoms with Crippen molar-refractivity contribution in [2.24, 2.45) is 0 Å². The van der Waals surface area contributed by atoms with Crippen LogP contribution in [0, 0.1) is 12.7 Å². The largest absolute Gasteiger partial charge is 0.487 e. The molecule has 2 aromatic carbocycles. The van der Waals surface area contributed by atoms with Gasteiger partial charge in [0.15, 0.2) is 11.6 Å². The van der Waals surface area contributed by atoms with Gasteiger partial charge in [0.2, 0.25) is 0 Å². The molecule has 43 heavy (non-hydrogen) atoms. The van der Waals surface area contributed by atoms with Gasteiger partial charge in [0, 0.05) is 36.4 Å². The van der Waals surface area contributed by atoms with E-state index in [0.29, 0.717) is 29.2 Å². The van der Waals surface area contributed by atoms with Crippen molar-refractivity contribution in [3.63, 3.8) is 0 Å². The monoisotopic (exact) mass is 663 g/mol. The van der Waals surface area contributed by atoms with E-state index in [1.54, 1.807) is 30.4 Å². The number of nitrogens with one attached hydrogen (secondary N) is 1. The van der Waals surface area contributed by atoms with Crippen LogP contribution in [-0.4, -0.2) is 47.1 Å². The molecule has 2 atom stereocenters. The number of thiazole rings is 1. The Morgan fingerprint density at radius 3 is 2.77 bits per heavy atom. The summed E-state index contributed by atoms with van der Waals surface area (Å²) in [6.45, 7) is 2.93. The summed E-state index contributed by atoms with van der Waals surface area (Å²) in [5.41, 5.74) is 3.54. The van der Waals surface area contributed by atoms with Crippen molar-refractivity contribution in [2.75, 3.05) is 13.2 Å². The molecule has 3 aliphatic rings. The number of benzene rings is 2. The normalized spacial score (nSPS) is 19.9. The smallest absolute Gasteiger partial charge is 0.252 e. The van der Waals surface area contributed by atoms with Crippen molar-refractivity contribution in [3.05, 3.63) is 84.0 Å². The lowest BCUT2D eigenvalue weighted by atomic mass is 9.81. The Bertz CT molecular complexity index is 1540. The summed E-state index contributed by atoms with van der Waals surface area (Å²) < 4.78 is 25.4. The van der Waals surface area contributed by atoms with Gasteiger partial charge >= 0.3 is 0 Å². The molecule has 6 rings (SSSR count). The van der Waals surface area contributed by atoms with Crippen LogP contribution in [0.3, 0.4) is 0 Å². The Labute approximate surface area is 270 Å². The van der Waals surface area contributed by atoms with Gasteiger partial charge in [-0.2, -0.15) is 0 Å².